The van der Waals surface area contributed by atoms with Gasteiger partial charge in [-0.1, -0.05) is 12.1 Å². The number of aromatic nitrogens is 3. The Balaban J connectivity index is 1.38. The van der Waals surface area contributed by atoms with Crippen molar-refractivity contribution in [2.75, 3.05) is 27.2 Å². The molecule has 2 heterocycles. The third-order valence-electron chi connectivity index (χ3n) is 5.17. The van der Waals surface area contributed by atoms with Crippen molar-refractivity contribution in [1.82, 2.24) is 24.8 Å². The van der Waals surface area contributed by atoms with Gasteiger partial charge in [-0.3, -0.25) is 9.36 Å². The van der Waals surface area contributed by atoms with Crippen molar-refractivity contribution < 1.29 is 27.4 Å². The second-order valence-corrected chi connectivity index (χ2v) is 8.21. The van der Waals surface area contributed by atoms with Crippen LogP contribution >= 0.6 is 0 Å². The molecular formula is C25H24F3N5O3. The highest BCUT2D eigenvalue weighted by molar-refractivity contribution is 5.96. The fraction of sp³-hybridized carbons (Fsp3) is 0.240. The van der Waals surface area contributed by atoms with E-state index in [1.807, 2.05) is 31.1 Å². The minimum Gasteiger partial charge on any atom is -0.489 e. The maximum absolute atomic E-state index is 12.4. The van der Waals surface area contributed by atoms with Gasteiger partial charge in [-0.2, -0.15) is 0 Å². The fourth-order valence-corrected chi connectivity index (χ4v) is 3.37. The molecule has 0 aliphatic carbocycles. The number of carbonyl (C=O) groups excluding carboxylic acids is 1. The first-order valence-electron chi connectivity index (χ1n) is 11.0. The van der Waals surface area contributed by atoms with Gasteiger partial charge in [0.2, 0.25) is 0 Å². The van der Waals surface area contributed by atoms with Gasteiger partial charge in [0, 0.05) is 25.0 Å². The van der Waals surface area contributed by atoms with Gasteiger partial charge in [0.05, 0.1) is 5.56 Å². The van der Waals surface area contributed by atoms with Gasteiger partial charge in [0.15, 0.2) is 5.65 Å². The van der Waals surface area contributed by atoms with Crippen LogP contribution in [0.15, 0.2) is 67.1 Å². The quantitative estimate of drug-likeness (QED) is 0.372. The third kappa shape index (κ3) is 6.51. The average molecular weight is 499 g/mol. The van der Waals surface area contributed by atoms with E-state index in [9.17, 15) is 18.0 Å². The molecule has 0 saturated carbocycles. The number of alkyl halides is 3. The van der Waals surface area contributed by atoms with Crippen LogP contribution in [-0.4, -0.2) is 58.9 Å². The number of rotatable bonds is 9. The summed E-state index contributed by atoms with van der Waals surface area (Å²) in [5.74, 6) is 0.0992. The van der Waals surface area contributed by atoms with E-state index in [-0.39, 0.29) is 18.3 Å². The molecule has 2 aromatic heterocycles. The zero-order valence-corrected chi connectivity index (χ0v) is 19.6. The molecule has 4 aromatic rings. The molecule has 0 spiro atoms. The number of fused-ring (bicyclic) bond motifs is 1. The minimum absolute atomic E-state index is 0.181. The molecule has 0 aliphatic rings. The van der Waals surface area contributed by atoms with Crippen molar-refractivity contribution in [2.45, 2.75) is 13.0 Å². The Hall–Kier alpha value is -4.12. The number of hydrogen-bond donors (Lipinski definition) is 1. The van der Waals surface area contributed by atoms with Crippen LogP contribution in [0.2, 0.25) is 0 Å². The van der Waals surface area contributed by atoms with Gasteiger partial charge in [0.1, 0.15) is 29.9 Å². The standard InChI is InChI=1S/C25H24F3N5O3/c1-32(2)12-11-29-24(34)18-13-22-23(30-14-18)33(16-31-22)19-5-9-20(10-6-19)35-15-17-3-7-21(8-4-17)36-25(26,27)28/h3-10,13-14,16H,11-12,15H2,1-2H3,(H,29,34). The molecule has 1 amide bonds. The molecule has 188 valence electrons. The number of hydrogen-bond acceptors (Lipinski definition) is 6. The smallest absolute Gasteiger partial charge is 0.489 e. The predicted molar refractivity (Wildman–Crippen MR) is 127 cm³/mol. The zero-order chi connectivity index (χ0) is 25.7. The number of amides is 1. The van der Waals surface area contributed by atoms with E-state index in [0.29, 0.717) is 34.6 Å². The van der Waals surface area contributed by atoms with E-state index >= 15 is 0 Å². The van der Waals surface area contributed by atoms with Crippen molar-refractivity contribution in [3.8, 4) is 17.2 Å². The zero-order valence-electron chi connectivity index (χ0n) is 19.6. The Morgan fingerprint density at radius 1 is 1.03 bits per heavy atom. The first-order chi connectivity index (χ1) is 17.2. The molecule has 0 aliphatic heterocycles. The Bertz CT molecular complexity index is 1320. The molecule has 8 nitrogen and oxygen atoms in total. The highest BCUT2D eigenvalue weighted by atomic mass is 19.4. The maximum Gasteiger partial charge on any atom is 0.573 e. The first-order valence-corrected chi connectivity index (χ1v) is 11.0. The molecular weight excluding hydrogens is 475 g/mol. The summed E-state index contributed by atoms with van der Waals surface area (Å²) in [7, 11) is 3.87. The summed E-state index contributed by atoms with van der Waals surface area (Å²) < 4.78 is 48.2. The van der Waals surface area contributed by atoms with Crippen LogP contribution in [0.4, 0.5) is 13.2 Å². The lowest BCUT2D eigenvalue weighted by molar-refractivity contribution is -0.274. The summed E-state index contributed by atoms with van der Waals surface area (Å²) in [6, 6.07) is 14.4. The molecule has 0 atom stereocenters. The topological polar surface area (TPSA) is 81.5 Å². The summed E-state index contributed by atoms with van der Waals surface area (Å²) in [6.07, 6.45) is -1.57. The molecule has 0 radical (unpaired) electrons. The van der Waals surface area contributed by atoms with Crippen LogP contribution in [0.3, 0.4) is 0 Å². The molecule has 36 heavy (non-hydrogen) atoms. The SMILES string of the molecule is CN(C)CCNC(=O)c1cnc2c(c1)ncn2-c1ccc(OCc2ccc(OC(F)(F)F)cc2)cc1. The summed E-state index contributed by atoms with van der Waals surface area (Å²) in [4.78, 5) is 23.1. The van der Waals surface area contributed by atoms with E-state index in [1.165, 1.54) is 30.5 Å². The number of nitrogens with one attached hydrogen (secondary N) is 1. The van der Waals surface area contributed by atoms with Crippen molar-refractivity contribution in [3.05, 3.63) is 78.2 Å². The van der Waals surface area contributed by atoms with Gasteiger partial charge < -0.3 is 19.7 Å². The number of imidazole rings is 1. The molecule has 4 rings (SSSR count). The largest absolute Gasteiger partial charge is 0.573 e. The second-order valence-electron chi connectivity index (χ2n) is 8.21. The summed E-state index contributed by atoms with van der Waals surface area (Å²) in [5, 5.41) is 2.85. The van der Waals surface area contributed by atoms with Crippen molar-refractivity contribution >= 4 is 17.1 Å². The molecule has 2 aromatic carbocycles. The van der Waals surface area contributed by atoms with Gasteiger partial charge in [-0.05, 0) is 62.1 Å². The minimum atomic E-state index is -4.72. The first kappa shape index (κ1) is 25.0. The average Bonchev–Trinajstić information content (AvgIpc) is 3.26. The van der Waals surface area contributed by atoms with Crippen LogP contribution in [0.1, 0.15) is 15.9 Å². The van der Waals surface area contributed by atoms with Crippen molar-refractivity contribution in [1.29, 1.82) is 0 Å². The Kier molecular flexibility index (Phi) is 7.39. The second kappa shape index (κ2) is 10.6. The lowest BCUT2D eigenvalue weighted by Gasteiger charge is -2.11. The Morgan fingerprint density at radius 2 is 1.72 bits per heavy atom. The van der Waals surface area contributed by atoms with Crippen LogP contribution in [-0.2, 0) is 6.61 Å². The van der Waals surface area contributed by atoms with Gasteiger partial charge in [0.25, 0.3) is 5.91 Å². The normalized spacial score (nSPS) is 11.6. The predicted octanol–water partition coefficient (Wildman–Crippen LogP) is 4.19. The van der Waals surface area contributed by atoms with E-state index in [1.54, 1.807) is 29.1 Å². The number of benzene rings is 2. The van der Waals surface area contributed by atoms with E-state index < -0.39 is 6.36 Å². The number of ether oxygens (including phenoxy) is 2. The van der Waals surface area contributed by atoms with Gasteiger partial charge in [-0.25, -0.2) is 9.97 Å². The molecule has 0 saturated heterocycles. The van der Waals surface area contributed by atoms with Crippen LogP contribution in [0.25, 0.3) is 16.9 Å². The summed E-state index contributed by atoms with van der Waals surface area (Å²) in [5.41, 5.74) is 3.13. The summed E-state index contributed by atoms with van der Waals surface area (Å²) >= 11 is 0. The lowest BCUT2D eigenvalue weighted by Crippen LogP contribution is -2.31. The molecule has 0 bridgehead atoms. The highest BCUT2D eigenvalue weighted by Crippen LogP contribution is 2.24. The molecule has 1 N–H and O–H groups in total. The monoisotopic (exact) mass is 499 g/mol. The van der Waals surface area contributed by atoms with Crippen LogP contribution in [0.5, 0.6) is 11.5 Å². The number of likely N-dealkylation sites (N-methyl/N-ethyl adjacent to an activating group) is 1. The number of halogens is 3. The van der Waals surface area contributed by atoms with E-state index in [2.05, 4.69) is 20.0 Å². The number of pyridine rings is 1. The van der Waals surface area contributed by atoms with E-state index in [0.717, 1.165) is 12.2 Å². The van der Waals surface area contributed by atoms with Gasteiger partial charge in [-0.15, -0.1) is 13.2 Å². The van der Waals surface area contributed by atoms with Crippen LogP contribution < -0.4 is 14.8 Å². The maximum atomic E-state index is 12.4. The lowest BCUT2D eigenvalue weighted by atomic mass is 10.2. The van der Waals surface area contributed by atoms with E-state index in [4.69, 9.17) is 4.74 Å². The van der Waals surface area contributed by atoms with Crippen molar-refractivity contribution in [3.63, 3.8) is 0 Å². The molecule has 11 heteroatoms. The van der Waals surface area contributed by atoms with Crippen molar-refractivity contribution in [2.24, 2.45) is 0 Å². The number of nitrogens with zero attached hydrogens (tertiary/aromatic N) is 4. The Labute approximate surface area is 205 Å². The fourth-order valence-electron chi connectivity index (χ4n) is 3.37. The summed E-state index contributed by atoms with van der Waals surface area (Å²) in [6.45, 7) is 1.45. The number of carbonyl (C=O) groups is 1. The van der Waals surface area contributed by atoms with Gasteiger partial charge >= 0.3 is 6.36 Å². The molecule has 0 unspecified atom stereocenters. The Morgan fingerprint density at radius 3 is 2.39 bits per heavy atom. The highest BCUT2D eigenvalue weighted by Gasteiger charge is 2.30. The van der Waals surface area contributed by atoms with Crippen LogP contribution in [0, 0.1) is 0 Å². The molecule has 0 fully saturated rings. The third-order valence-corrected chi connectivity index (χ3v) is 5.17.